The highest BCUT2D eigenvalue weighted by atomic mass is 35.5. The molecule has 0 bridgehead atoms. The summed E-state index contributed by atoms with van der Waals surface area (Å²) in [5, 5.41) is 11.4. The van der Waals surface area contributed by atoms with Crippen molar-refractivity contribution in [2.75, 3.05) is 13.2 Å². The van der Waals surface area contributed by atoms with Crippen LogP contribution in [0.2, 0.25) is 5.02 Å². The molecule has 6 heteroatoms. The van der Waals surface area contributed by atoms with Crippen LogP contribution in [-0.2, 0) is 39.1 Å². The van der Waals surface area contributed by atoms with Crippen molar-refractivity contribution in [3.8, 4) is 0 Å². The number of aryl methyl sites for hydroxylation is 2. The van der Waals surface area contributed by atoms with Crippen molar-refractivity contribution in [3.63, 3.8) is 0 Å². The molecular formula is C26H31ClO5. The van der Waals surface area contributed by atoms with E-state index in [0.717, 1.165) is 41.8 Å². The van der Waals surface area contributed by atoms with Gasteiger partial charge in [-0.05, 0) is 66.5 Å². The van der Waals surface area contributed by atoms with E-state index in [-0.39, 0.29) is 19.3 Å². The van der Waals surface area contributed by atoms with Crippen LogP contribution in [0, 0.1) is 0 Å². The number of ether oxygens (including phenoxy) is 3. The van der Waals surface area contributed by atoms with E-state index >= 15 is 0 Å². The molecule has 1 N–H and O–H groups in total. The Morgan fingerprint density at radius 2 is 1.94 bits per heavy atom. The van der Waals surface area contributed by atoms with Crippen LogP contribution in [0.5, 0.6) is 0 Å². The molecule has 2 aliphatic rings. The molecule has 0 aromatic heterocycles. The standard InChI is InChI=1S/C26H31ClO5/c1-3-17-5-7-18(8-6-17)11-20-12-23-19(13-24(20)27)9-10-26(23)15-21(28)14-22(32-26)16-31-25(29)30-4-2/h5-8,12-13,21-22,28H,3-4,9-11,14-16H2,1-2H3/t21?,22?,26-/m1/s1. The second kappa shape index (κ2) is 9.82. The highest BCUT2D eigenvalue weighted by Gasteiger charge is 2.47. The summed E-state index contributed by atoms with van der Waals surface area (Å²) in [5.74, 6) is 0. The number of carbonyl (C=O) groups is 1. The van der Waals surface area contributed by atoms with Crippen LogP contribution >= 0.6 is 11.6 Å². The van der Waals surface area contributed by atoms with Crippen molar-refractivity contribution >= 4 is 17.8 Å². The zero-order chi connectivity index (χ0) is 22.7. The van der Waals surface area contributed by atoms with Crippen LogP contribution in [0.3, 0.4) is 0 Å². The van der Waals surface area contributed by atoms with Crippen LogP contribution in [0.15, 0.2) is 36.4 Å². The van der Waals surface area contributed by atoms with E-state index < -0.39 is 17.9 Å². The fraction of sp³-hybridized carbons (Fsp3) is 0.500. The summed E-state index contributed by atoms with van der Waals surface area (Å²) in [6.45, 7) is 4.20. The molecule has 0 radical (unpaired) electrons. The van der Waals surface area contributed by atoms with Crippen LogP contribution in [0.4, 0.5) is 4.79 Å². The second-order valence-corrected chi connectivity index (χ2v) is 9.18. The minimum atomic E-state index is -0.708. The molecule has 4 rings (SSSR count). The monoisotopic (exact) mass is 458 g/mol. The van der Waals surface area contributed by atoms with Gasteiger partial charge in [-0.1, -0.05) is 48.9 Å². The number of halogens is 1. The summed E-state index contributed by atoms with van der Waals surface area (Å²) in [6, 6.07) is 12.8. The molecular weight excluding hydrogens is 428 g/mol. The van der Waals surface area contributed by atoms with E-state index in [1.54, 1.807) is 6.92 Å². The Morgan fingerprint density at radius 3 is 2.66 bits per heavy atom. The molecule has 1 saturated heterocycles. The number of rotatable bonds is 6. The van der Waals surface area contributed by atoms with Crippen LogP contribution < -0.4 is 0 Å². The summed E-state index contributed by atoms with van der Waals surface area (Å²) < 4.78 is 16.5. The van der Waals surface area contributed by atoms with Crippen LogP contribution in [0.1, 0.15) is 60.9 Å². The van der Waals surface area contributed by atoms with Crippen molar-refractivity contribution in [3.05, 3.63) is 69.2 Å². The number of hydrogen-bond acceptors (Lipinski definition) is 5. The highest BCUT2D eigenvalue weighted by molar-refractivity contribution is 6.31. The van der Waals surface area contributed by atoms with Gasteiger partial charge in [-0.15, -0.1) is 0 Å². The average molecular weight is 459 g/mol. The van der Waals surface area contributed by atoms with E-state index in [0.29, 0.717) is 12.8 Å². The normalized spacial score (nSPS) is 24.4. The zero-order valence-corrected chi connectivity index (χ0v) is 19.5. The lowest BCUT2D eigenvalue weighted by molar-refractivity contribution is -0.179. The van der Waals surface area contributed by atoms with Gasteiger partial charge in [-0.2, -0.15) is 0 Å². The van der Waals surface area contributed by atoms with Gasteiger partial charge >= 0.3 is 6.16 Å². The van der Waals surface area contributed by atoms with Crippen LogP contribution in [0.25, 0.3) is 0 Å². The molecule has 2 aromatic carbocycles. The summed E-state index contributed by atoms with van der Waals surface area (Å²) in [4.78, 5) is 11.6. The van der Waals surface area contributed by atoms with Gasteiger partial charge in [0.1, 0.15) is 6.61 Å². The second-order valence-electron chi connectivity index (χ2n) is 8.77. The molecule has 3 atom stereocenters. The predicted molar refractivity (Wildman–Crippen MR) is 123 cm³/mol. The third-order valence-electron chi connectivity index (χ3n) is 6.53. The Balaban J connectivity index is 1.55. The minimum Gasteiger partial charge on any atom is -0.435 e. The van der Waals surface area contributed by atoms with Crippen molar-refractivity contribution in [2.45, 2.75) is 70.2 Å². The molecule has 2 aromatic rings. The molecule has 2 unspecified atom stereocenters. The van der Waals surface area contributed by atoms with E-state index in [1.165, 1.54) is 16.7 Å². The molecule has 5 nitrogen and oxygen atoms in total. The van der Waals surface area contributed by atoms with Gasteiger partial charge in [0.15, 0.2) is 0 Å². The maximum absolute atomic E-state index is 11.6. The van der Waals surface area contributed by atoms with E-state index in [1.807, 2.05) is 0 Å². The Kier molecular flexibility index (Phi) is 7.08. The largest absolute Gasteiger partial charge is 0.508 e. The Labute approximate surface area is 194 Å². The van der Waals surface area contributed by atoms with Gasteiger partial charge in [0, 0.05) is 17.9 Å². The molecule has 1 aliphatic carbocycles. The Hall–Kier alpha value is -2.08. The van der Waals surface area contributed by atoms with Crippen molar-refractivity contribution in [2.24, 2.45) is 0 Å². The first-order valence-electron chi connectivity index (χ1n) is 11.5. The fourth-order valence-corrected chi connectivity index (χ4v) is 5.20. The molecule has 172 valence electrons. The topological polar surface area (TPSA) is 65.0 Å². The number of hydrogen-bond donors (Lipinski definition) is 1. The summed E-state index contributed by atoms with van der Waals surface area (Å²) in [7, 11) is 0. The lowest BCUT2D eigenvalue weighted by atomic mass is 9.84. The maximum Gasteiger partial charge on any atom is 0.508 e. The third kappa shape index (κ3) is 4.95. The fourth-order valence-electron chi connectivity index (χ4n) is 4.95. The van der Waals surface area contributed by atoms with Gasteiger partial charge in [0.2, 0.25) is 0 Å². The summed E-state index contributed by atoms with van der Waals surface area (Å²) in [6.07, 6.45) is 2.73. The minimum absolute atomic E-state index is 0.0667. The first-order chi connectivity index (χ1) is 15.4. The van der Waals surface area contributed by atoms with E-state index in [9.17, 15) is 9.90 Å². The third-order valence-corrected chi connectivity index (χ3v) is 6.88. The molecule has 1 spiro atoms. The lowest BCUT2D eigenvalue weighted by Crippen LogP contribution is -2.44. The van der Waals surface area contributed by atoms with Gasteiger partial charge in [-0.3, -0.25) is 0 Å². The van der Waals surface area contributed by atoms with Gasteiger partial charge < -0.3 is 19.3 Å². The molecule has 1 fully saturated rings. The number of benzene rings is 2. The van der Waals surface area contributed by atoms with Crippen molar-refractivity contribution in [1.29, 1.82) is 0 Å². The van der Waals surface area contributed by atoms with Gasteiger partial charge in [0.25, 0.3) is 0 Å². The van der Waals surface area contributed by atoms with Crippen molar-refractivity contribution < 1.29 is 24.1 Å². The predicted octanol–water partition coefficient (Wildman–Crippen LogP) is 5.35. The Bertz CT molecular complexity index is 957. The molecule has 1 aliphatic heterocycles. The number of aliphatic hydroxyl groups is 1. The summed E-state index contributed by atoms with van der Waals surface area (Å²) >= 11 is 6.65. The first-order valence-corrected chi connectivity index (χ1v) is 11.8. The molecule has 0 saturated carbocycles. The zero-order valence-electron chi connectivity index (χ0n) is 18.7. The SMILES string of the molecule is CCOC(=O)OCC1CC(O)C[C@@]2(CCc3cc(Cl)c(Cc4ccc(CC)cc4)cc32)O1. The maximum atomic E-state index is 11.6. The van der Waals surface area contributed by atoms with Crippen molar-refractivity contribution in [1.82, 2.24) is 0 Å². The Morgan fingerprint density at radius 1 is 1.19 bits per heavy atom. The molecule has 32 heavy (non-hydrogen) atoms. The smallest absolute Gasteiger partial charge is 0.435 e. The summed E-state index contributed by atoms with van der Waals surface area (Å²) in [5.41, 5.74) is 5.26. The average Bonchev–Trinajstić information content (AvgIpc) is 3.09. The van der Waals surface area contributed by atoms with Gasteiger partial charge in [0.05, 0.1) is 24.4 Å². The number of fused-ring (bicyclic) bond motifs is 2. The molecule has 0 amide bonds. The number of carbonyl (C=O) groups excluding carboxylic acids is 1. The lowest BCUT2D eigenvalue weighted by Gasteiger charge is -2.41. The van der Waals surface area contributed by atoms with E-state index in [2.05, 4.69) is 43.3 Å². The first kappa shape index (κ1) is 23.1. The van der Waals surface area contributed by atoms with E-state index in [4.69, 9.17) is 25.8 Å². The quantitative estimate of drug-likeness (QED) is 0.591. The van der Waals surface area contributed by atoms with Gasteiger partial charge in [-0.25, -0.2) is 4.79 Å². The molecule has 1 heterocycles. The van der Waals surface area contributed by atoms with Crippen LogP contribution in [-0.4, -0.2) is 36.7 Å². The number of aliphatic hydroxyl groups excluding tert-OH is 1. The highest BCUT2D eigenvalue weighted by Crippen LogP contribution is 2.48.